The summed E-state index contributed by atoms with van der Waals surface area (Å²) in [6.07, 6.45) is 1.61. The lowest BCUT2D eigenvalue weighted by atomic mass is 10.3. The summed E-state index contributed by atoms with van der Waals surface area (Å²) in [5.41, 5.74) is 1.48. The van der Waals surface area contributed by atoms with Crippen LogP contribution in [-0.4, -0.2) is 10.9 Å². The van der Waals surface area contributed by atoms with Gasteiger partial charge in [0.15, 0.2) is 0 Å². The van der Waals surface area contributed by atoms with Crippen LogP contribution in [0.4, 0.5) is 5.69 Å². The SMILES string of the molecule is CC(=O)Nc1ccnc(CCl)c1.Cl. The summed E-state index contributed by atoms with van der Waals surface area (Å²) in [5.74, 6) is 0.259. The van der Waals surface area contributed by atoms with Gasteiger partial charge in [0, 0.05) is 18.8 Å². The Morgan fingerprint density at radius 1 is 1.69 bits per heavy atom. The number of amides is 1. The minimum atomic E-state index is -0.0956. The molecule has 5 heteroatoms. The molecule has 3 nitrogen and oxygen atoms in total. The van der Waals surface area contributed by atoms with E-state index in [-0.39, 0.29) is 18.3 Å². The number of aromatic nitrogens is 1. The molecular weight excluding hydrogens is 211 g/mol. The fourth-order valence-corrected chi connectivity index (χ4v) is 0.978. The lowest BCUT2D eigenvalue weighted by Gasteiger charge is -2.01. The van der Waals surface area contributed by atoms with E-state index in [2.05, 4.69) is 10.3 Å². The molecular formula is C8H10Cl2N2O. The number of rotatable bonds is 2. The molecule has 1 aromatic rings. The van der Waals surface area contributed by atoms with Crippen LogP contribution in [-0.2, 0) is 10.7 Å². The summed E-state index contributed by atoms with van der Waals surface area (Å²) >= 11 is 5.56. The Bertz CT molecular complexity index is 291. The minimum absolute atomic E-state index is 0. The van der Waals surface area contributed by atoms with Crippen molar-refractivity contribution in [3.8, 4) is 0 Å². The minimum Gasteiger partial charge on any atom is -0.326 e. The van der Waals surface area contributed by atoms with E-state index in [1.54, 1.807) is 18.3 Å². The summed E-state index contributed by atoms with van der Waals surface area (Å²) < 4.78 is 0. The third-order valence-electron chi connectivity index (χ3n) is 1.27. The van der Waals surface area contributed by atoms with Gasteiger partial charge in [-0.3, -0.25) is 9.78 Å². The van der Waals surface area contributed by atoms with Gasteiger partial charge in [-0.2, -0.15) is 0 Å². The van der Waals surface area contributed by atoms with Crippen molar-refractivity contribution in [3.05, 3.63) is 24.0 Å². The molecule has 0 radical (unpaired) electrons. The van der Waals surface area contributed by atoms with E-state index in [0.29, 0.717) is 5.88 Å². The molecule has 0 aliphatic carbocycles. The number of alkyl halides is 1. The predicted octanol–water partition coefficient (Wildman–Crippen LogP) is 2.20. The van der Waals surface area contributed by atoms with Crippen LogP contribution in [0.5, 0.6) is 0 Å². The Hall–Kier alpha value is -0.800. The number of pyridine rings is 1. The van der Waals surface area contributed by atoms with Crippen LogP contribution >= 0.6 is 24.0 Å². The molecule has 13 heavy (non-hydrogen) atoms. The van der Waals surface area contributed by atoms with Crippen LogP contribution in [0.3, 0.4) is 0 Å². The van der Waals surface area contributed by atoms with Gasteiger partial charge in [-0.25, -0.2) is 0 Å². The second-order valence-electron chi connectivity index (χ2n) is 2.35. The van der Waals surface area contributed by atoms with Crippen molar-refractivity contribution in [1.29, 1.82) is 0 Å². The number of nitrogens with zero attached hydrogens (tertiary/aromatic N) is 1. The Kier molecular flexibility index (Phi) is 5.42. The number of halogens is 2. The standard InChI is InChI=1S/C8H9ClN2O.ClH/c1-6(12)11-7-2-3-10-8(4-7)5-9;/h2-4H,5H2,1H3,(H,10,11,12);1H. The number of hydrogen-bond acceptors (Lipinski definition) is 2. The normalized spacial score (nSPS) is 8.77. The van der Waals surface area contributed by atoms with Crippen molar-refractivity contribution in [2.45, 2.75) is 12.8 Å². The van der Waals surface area contributed by atoms with Gasteiger partial charge in [0.05, 0.1) is 11.6 Å². The Morgan fingerprint density at radius 2 is 2.38 bits per heavy atom. The highest BCUT2D eigenvalue weighted by Gasteiger charge is 1.96. The zero-order chi connectivity index (χ0) is 8.97. The molecule has 0 atom stereocenters. The maximum Gasteiger partial charge on any atom is 0.221 e. The van der Waals surface area contributed by atoms with Crippen LogP contribution in [0.15, 0.2) is 18.3 Å². The van der Waals surface area contributed by atoms with Crippen molar-refractivity contribution in [1.82, 2.24) is 4.98 Å². The Balaban J connectivity index is 0.00000144. The average molecular weight is 221 g/mol. The molecule has 0 unspecified atom stereocenters. The van der Waals surface area contributed by atoms with Crippen molar-refractivity contribution < 1.29 is 4.79 Å². The first-order chi connectivity index (χ1) is 5.72. The van der Waals surface area contributed by atoms with Gasteiger partial charge < -0.3 is 5.32 Å². The zero-order valence-corrected chi connectivity index (χ0v) is 8.65. The first-order valence-electron chi connectivity index (χ1n) is 3.51. The van der Waals surface area contributed by atoms with Gasteiger partial charge in [0.2, 0.25) is 5.91 Å². The molecule has 1 heterocycles. The average Bonchev–Trinajstić information content (AvgIpc) is 2.03. The third kappa shape index (κ3) is 4.10. The fraction of sp³-hybridized carbons (Fsp3) is 0.250. The predicted molar refractivity (Wildman–Crippen MR) is 55.3 cm³/mol. The molecule has 0 aliphatic rings. The summed E-state index contributed by atoms with van der Waals surface area (Å²) in [6, 6.07) is 3.46. The third-order valence-corrected chi connectivity index (χ3v) is 1.55. The summed E-state index contributed by atoms with van der Waals surface area (Å²) in [4.78, 5) is 14.6. The number of hydrogen-bond donors (Lipinski definition) is 1. The molecule has 0 saturated carbocycles. The second kappa shape index (κ2) is 5.78. The molecule has 0 saturated heterocycles. The first-order valence-corrected chi connectivity index (χ1v) is 4.04. The van der Waals surface area contributed by atoms with Crippen LogP contribution in [0.2, 0.25) is 0 Å². The van der Waals surface area contributed by atoms with E-state index < -0.39 is 0 Å². The van der Waals surface area contributed by atoms with Gasteiger partial charge in [0.1, 0.15) is 0 Å². The van der Waals surface area contributed by atoms with Crippen molar-refractivity contribution in [3.63, 3.8) is 0 Å². The van der Waals surface area contributed by atoms with E-state index in [4.69, 9.17) is 11.6 Å². The molecule has 0 spiro atoms. The highest BCUT2D eigenvalue weighted by Crippen LogP contribution is 2.08. The van der Waals surface area contributed by atoms with Crippen molar-refractivity contribution >= 4 is 35.6 Å². The van der Waals surface area contributed by atoms with E-state index in [1.165, 1.54) is 6.92 Å². The molecule has 72 valence electrons. The first kappa shape index (κ1) is 12.2. The van der Waals surface area contributed by atoms with E-state index >= 15 is 0 Å². The van der Waals surface area contributed by atoms with Gasteiger partial charge in [-0.15, -0.1) is 24.0 Å². The van der Waals surface area contributed by atoms with E-state index in [0.717, 1.165) is 11.4 Å². The van der Waals surface area contributed by atoms with Crippen LogP contribution < -0.4 is 5.32 Å². The monoisotopic (exact) mass is 220 g/mol. The van der Waals surface area contributed by atoms with Crippen LogP contribution in [0, 0.1) is 0 Å². The fourth-order valence-electron chi connectivity index (χ4n) is 0.832. The summed E-state index contributed by atoms with van der Waals surface area (Å²) in [7, 11) is 0. The van der Waals surface area contributed by atoms with Gasteiger partial charge in [-0.1, -0.05) is 0 Å². The molecule has 1 aromatic heterocycles. The van der Waals surface area contributed by atoms with Gasteiger partial charge >= 0.3 is 0 Å². The molecule has 0 fully saturated rings. The molecule has 1 amide bonds. The van der Waals surface area contributed by atoms with Crippen molar-refractivity contribution in [2.75, 3.05) is 5.32 Å². The highest BCUT2D eigenvalue weighted by atomic mass is 35.5. The topological polar surface area (TPSA) is 42.0 Å². The number of carbonyl (C=O) groups is 1. The lowest BCUT2D eigenvalue weighted by Crippen LogP contribution is -2.06. The number of anilines is 1. The van der Waals surface area contributed by atoms with Crippen LogP contribution in [0.1, 0.15) is 12.6 Å². The molecule has 1 N–H and O–H groups in total. The lowest BCUT2D eigenvalue weighted by molar-refractivity contribution is -0.114. The molecule has 1 rings (SSSR count). The molecule has 0 bridgehead atoms. The second-order valence-corrected chi connectivity index (χ2v) is 2.62. The Labute approximate surface area is 87.9 Å². The maximum absolute atomic E-state index is 10.6. The highest BCUT2D eigenvalue weighted by molar-refractivity contribution is 6.16. The number of nitrogens with one attached hydrogen (secondary N) is 1. The smallest absolute Gasteiger partial charge is 0.221 e. The zero-order valence-electron chi connectivity index (χ0n) is 7.08. The van der Waals surface area contributed by atoms with Crippen LogP contribution in [0.25, 0.3) is 0 Å². The molecule has 0 aliphatic heterocycles. The van der Waals surface area contributed by atoms with Crippen molar-refractivity contribution in [2.24, 2.45) is 0 Å². The summed E-state index contributed by atoms with van der Waals surface area (Å²) in [6.45, 7) is 1.46. The van der Waals surface area contributed by atoms with Gasteiger partial charge in [0.25, 0.3) is 0 Å². The summed E-state index contributed by atoms with van der Waals surface area (Å²) in [5, 5.41) is 2.64. The maximum atomic E-state index is 10.6. The largest absolute Gasteiger partial charge is 0.326 e. The van der Waals surface area contributed by atoms with Gasteiger partial charge in [-0.05, 0) is 12.1 Å². The van der Waals surface area contributed by atoms with E-state index in [1.807, 2.05) is 0 Å². The number of carbonyl (C=O) groups excluding carboxylic acids is 1. The molecule has 0 aromatic carbocycles. The Morgan fingerprint density at radius 3 is 2.92 bits per heavy atom. The van der Waals surface area contributed by atoms with E-state index in [9.17, 15) is 4.79 Å². The quantitative estimate of drug-likeness (QED) is 0.778.